The molecule has 0 aromatic carbocycles. The maximum absolute atomic E-state index is 11.6. The van der Waals surface area contributed by atoms with Gasteiger partial charge < -0.3 is 0 Å². The highest BCUT2D eigenvalue weighted by Gasteiger charge is 2.26. The van der Waals surface area contributed by atoms with Gasteiger partial charge in [-0.1, -0.05) is 6.92 Å². The van der Waals surface area contributed by atoms with Crippen LogP contribution in [-0.2, 0) is 18.3 Å². The number of rotatable bonds is 2. The van der Waals surface area contributed by atoms with Crippen molar-refractivity contribution >= 4 is 17.6 Å². The van der Waals surface area contributed by atoms with Crippen molar-refractivity contribution in [2.24, 2.45) is 7.05 Å². The Hall–Kier alpha value is -1.85. The summed E-state index contributed by atoms with van der Waals surface area (Å²) < 4.78 is 1.68. The smallest absolute Gasteiger partial charge is 0.290 e. The molecule has 1 saturated heterocycles. The molecule has 1 aromatic rings. The van der Waals surface area contributed by atoms with Crippen LogP contribution in [0.4, 0.5) is 10.5 Å². The fourth-order valence-electron chi connectivity index (χ4n) is 1.79. The third kappa shape index (κ3) is 1.78. The molecule has 1 aliphatic rings. The maximum Gasteiger partial charge on any atom is 0.328 e. The highest BCUT2D eigenvalue weighted by atomic mass is 16.2. The van der Waals surface area contributed by atoms with Crippen molar-refractivity contribution in [3.63, 3.8) is 0 Å². The summed E-state index contributed by atoms with van der Waals surface area (Å²) in [5.74, 6) is -0.219. The lowest BCUT2D eigenvalue weighted by atomic mass is 10.2. The minimum atomic E-state index is -0.362. The molecule has 0 unspecified atom stereocenters. The number of urea groups is 1. The lowest BCUT2D eigenvalue weighted by molar-refractivity contribution is -0.120. The van der Waals surface area contributed by atoms with Gasteiger partial charge in [0.1, 0.15) is 0 Å². The van der Waals surface area contributed by atoms with E-state index in [0.717, 1.165) is 17.8 Å². The van der Waals surface area contributed by atoms with Gasteiger partial charge in [0.05, 0.1) is 11.4 Å². The summed E-state index contributed by atoms with van der Waals surface area (Å²) in [6.45, 7) is 2.40. The third-order valence-electron chi connectivity index (χ3n) is 2.56. The summed E-state index contributed by atoms with van der Waals surface area (Å²) in [4.78, 5) is 24.2. The molecule has 1 fully saturated rings. The first-order chi connectivity index (χ1) is 7.61. The Morgan fingerprint density at radius 1 is 1.50 bits per heavy atom. The monoisotopic (exact) mass is 222 g/mol. The summed E-state index contributed by atoms with van der Waals surface area (Å²) in [7, 11) is 1.82. The molecule has 3 amide bonds. The molecule has 16 heavy (non-hydrogen) atoms. The van der Waals surface area contributed by atoms with Crippen LogP contribution in [0, 0.1) is 0 Å². The van der Waals surface area contributed by atoms with E-state index in [0.29, 0.717) is 13.0 Å². The van der Waals surface area contributed by atoms with Crippen LogP contribution in [0.2, 0.25) is 0 Å². The molecule has 1 N–H and O–H groups in total. The van der Waals surface area contributed by atoms with E-state index in [4.69, 9.17) is 0 Å². The lowest BCUT2D eigenvalue weighted by Crippen LogP contribution is -2.49. The Morgan fingerprint density at radius 2 is 2.25 bits per heavy atom. The average molecular weight is 222 g/mol. The summed E-state index contributed by atoms with van der Waals surface area (Å²) >= 11 is 0. The molecule has 1 aliphatic heterocycles. The number of amides is 3. The zero-order valence-corrected chi connectivity index (χ0v) is 9.36. The zero-order chi connectivity index (χ0) is 11.7. The van der Waals surface area contributed by atoms with Crippen molar-refractivity contribution in [1.29, 1.82) is 0 Å². The van der Waals surface area contributed by atoms with Gasteiger partial charge in [-0.05, 0) is 6.42 Å². The van der Waals surface area contributed by atoms with Crippen LogP contribution in [0.15, 0.2) is 6.20 Å². The Labute approximate surface area is 93.2 Å². The van der Waals surface area contributed by atoms with Gasteiger partial charge in [0.15, 0.2) is 0 Å². The van der Waals surface area contributed by atoms with Gasteiger partial charge in [0, 0.05) is 26.2 Å². The van der Waals surface area contributed by atoms with Gasteiger partial charge in [-0.25, -0.2) is 4.79 Å². The van der Waals surface area contributed by atoms with Crippen LogP contribution in [0.1, 0.15) is 19.0 Å². The van der Waals surface area contributed by atoms with Gasteiger partial charge >= 0.3 is 6.03 Å². The number of hydrogen-bond donors (Lipinski definition) is 1. The van der Waals surface area contributed by atoms with E-state index in [1.807, 2.05) is 14.0 Å². The molecule has 86 valence electrons. The van der Waals surface area contributed by atoms with Crippen molar-refractivity contribution in [1.82, 2.24) is 15.1 Å². The van der Waals surface area contributed by atoms with E-state index in [1.165, 1.54) is 0 Å². The Kier molecular flexibility index (Phi) is 2.64. The standard InChI is InChI=1S/C10H14N4O2/c1-3-7-8(6-13(2)12-7)14-5-4-9(15)11-10(14)16/h6H,3-5H2,1-2H3,(H,11,15,16). The normalized spacial score (nSPS) is 16.5. The largest absolute Gasteiger partial charge is 0.328 e. The lowest BCUT2D eigenvalue weighted by Gasteiger charge is -2.25. The molecule has 6 heteroatoms. The van der Waals surface area contributed by atoms with Crippen LogP contribution >= 0.6 is 0 Å². The van der Waals surface area contributed by atoms with E-state index in [-0.39, 0.29) is 11.9 Å². The number of carbonyl (C=O) groups is 2. The van der Waals surface area contributed by atoms with Crippen molar-refractivity contribution in [2.75, 3.05) is 11.4 Å². The molecule has 1 aromatic heterocycles. The predicted molar refractivity (Wildman–Crippen MR) is 58.1 cm³/mol. The van der Waals surface area contributed by atoms with Crippen molar-refractivity contribution in [3.05, 3.63) is 11.9 Å². The first kappa shape index (κ1) is 10.7. The Morgan fingerprint density at radius 3 is 2.88 bits per heavy atom. The minimum Gasteiger partial charge on any atom is -0.290 e. The molecule has 0 atom stereocenters. The molecule has 0 bridgehead atoms. The second-order valence-corrected chi connectivity index (χ2v) is 3.74. The van der Waals surface area contributed by atoms with Gasteiger partial charge in [-0.15, -0.1) is 0 Å². The SMILES string of the molecule is CCc1nn(C)cc1N1CCC(=O)NC1=O. The van der Waals surface area contributed by atoms with Gasteiger partial charge in [-0.3, -0.25) is 19.7 Å². The first-order valence-electron chi connectivity index (χ1n) is 5.25. The van der Waals surface area contributed by atoms with Crippen molar-refractivity contribution in [3.8, 4) is 0 Å². The van der Waals surface area contributed by atoms with Crippen molar-refractivity contribution in [2.45, 2.75) is 19.8 Å². The summed E-state index contributed by atoms with van der Waals surface area (Å²) in [6, 6.07) is -0.362. The zero-order valence-electron chi connectivity index (χ0n) is 9.36. The third-order valence-corrected chi connectivity index (χ3v) is 2.56. The quantitative estimate of drug-likeness (QED) is 0.789. The summed E-state index contributed by atoms with van der Waals surface area (Å²) in [6.07, 6.45) is 2.89. The van der Waals surface area contributed by atoms with Crippen molar-refractivity contribution < 1.29 is 9.59 Å². The van der Waals surface area contributed by atoms with Gasteiger partial charge in [0.2, 0.25) is 5.91 Å². The predicted octanol–water partition coefficient (Wildman–Crippen LogP) is 0.429. The number of hydrogen-bond acceptors (Lipinski definition) is 3. The molecule has 6 nitrogen and oxygen atoms in total. The highest BCUT2D eigenvalue weighted by molar-refractivity contribution is 6.05. The maximum atomic E-state index is 11.6. The van der Waals surface area contributed by atoms with Crippen LogP contribution in [0.25, 0.3) is 0 Å². The van der Waals surface area contributed by atoms with E-state index in [9.17, 15) is 9.59 Å². The number of anilines is 1. The minimum absolute atomic E-state index is 0.219. The number of aryl methyl sites for hydroxylation is 2. The van der Waals surface area contributed by atoms with Gasteiger partial charge in [0.25, 0.3) is 0 Å². The molecule has 2 rings (SSSR count). The van der Waals surface area contributed by atoms with Crippen LogP contribution in [0.3, 0.4) is 0 Å². The molecule has 0 aliphatic carbocycles. The highest BCUT2D eigenvalue weighted by Crippen LogP contribution is 2.21. The number of aromatic nitrogens is 2. The fourth-order valence-corrected chi connectivity index (χ4v) is 1.79. The van der Waals surface area contributed by atoms with E-state index in [1.54, 1.807) is 15.8 Å². The topological polar surface area (TPSA) is 67.2 Å². The van der Waals surface area contributed by atoms with Crippen LogP contribution in [-0.4, -0.2) is 28.3 Å². The summed E-state index contributed by atoms with van der Waals surface area (Å²) in [5, 5.41) is 6.57. The van der Waals surface area contributed by atoms with E-state index in [2.05, 4.69) is 10.4 Å². The second-order valence-electron chi connectivity index (χ2n) is 3.74. The molecular formula is C10H14N4O2. The number of imide groups is 1. The number of nitrogens with zero attached hydrogens (tertiary/aromatic N) is 3. The molecule has 0 spiro atoms. The Balaban J connectivity index is 2.29. The molecule has 0 saturated carbocycles. The Bertz CT molecular complexity index is 438. The number of carbonyl (C=O) groups excluding carboxylic acids is 2. The first-order valence-corrected chi connectivity index (χ1v) is 5.25. The molecule has 2 heterocycles. The summed E-state index contributed by atoms with van der Waals surface area (Å²) in [5.41, 5.74) is 1.65. The fraction of sp³-hybridized carbons (Fsp3) is 0.500. The number of nitrogens with one attached hydrogen (secondary N) is 1. The second kappa shape index (κ2) is 3.96. The van der Waals surface area contributed by atoms with E-state index < -0.39 is 0 Å². The average Bonchev–Trinajstić information content (AvgIpc) is 2.59. The molecule has 0 radical (unpaired) electrons. The van der Waals surface area contributed by atoms with Crippen LogP contribution in [0.5, 0.6) is 0 Å². The van der Waals surface area contributed by atoms with E-state index >= 15 is 0 Å². The van der Waals surface area contributed by atoms with Crippen LogP contribution < -0.4 is 10.2 Å². The molecular weight excluding hydrogens is 208 g/mol. The van der Waals surface area contributed by atoms with Gasteiger partial charge in [-0.2, -0.15) is 5.10 Å².